The quantitative estimate of drug-likeness (QED) is 0.670. The van der Waals surface area contributed by atoms with Crippen LogP contribution in [-0.2, 0) is 16.0 Å². The maximum Gasteiger partial charge on any atom is 0.332 e. The van der Waals surface area contributed by atoms with Crippen LogP contribution in [0, 0.1) is 0 Å². The molecule has 0 radical (unpaired) electrons. The average Bonchev–Trinajstić information content (AvgIpc) is 2.45. The van der Waals surface area contributed by atoms with E-state index in [1.807, 2.05) is 6.07 Å². The van der Waals surface area contributed by atoms with Crippen LogP contribution >= 0.6 is 11.6 Å². The summed E-state index contributed by atoms with van der Waals surface area (Å²) in [5, 5.41) is 20.6. The second kappa shape index (κ2) is 8.49. The van der Waals surface area contributed by atoms with E-state index in [-0.39, 0.29) is 25.3 Å². The van der Waals surface area contributed by atoms with E-state index in [0.29, 0.717) is 17.2 Å². The lowest BCUT2D eigenvalue weighted by Crippen LogP contribution is -2.30. The second-order valence-corrected chi connectivity index (χ2v) is 4.87. The van der Waals surface area contributed by atoms with Gasteiger partial charge in [-0.05, 0) is 24.1 Å². The Kier molecular flexibility index (Phi) is 6.98. The van der Waals surface area contributed by atoms with Gasteiger partial charge in [-0.25, -0.2) is 4.79 Å². The number of carbonyl (C=O) groups is 2. The minimum Gasteiger partial charge on any atom is -0.495 e. The molecule has 1 aromatic carbocycles. The highest BCUT2D eigenvalue weighted by atomic mass is 35.5. The first-order valence-corrected chi connectivity index (χ1v) is 6.81. The number of halogens is 1. The molecule has 0 unspecified atom stereocenters. The van der Waals surface area contributed by atoms with Crippen molar-refractivity contribution >= 4 is 23.5 Å². The second-order valence-electron chi connectivity index (χ2n) is 4.46. The molecule has 3 N–H and O–H groups in total. The zero-order chi connectivity index (χ0) is 15.8. The first-order chi connectivity index (χ1) is 9.93. The van der Waals surface area contributed by atoms with Crippen molar-refractivity contribution in [2.45, 2.75) is 25.4 Å². The summed E-state index contributed by atoms with van der Waals surface area (Å²) in [6.07, 6.45) is -0.705. The van der Waals surface area contributed by atoms with Gasteiger partial charge in [-0.3, -0.25) is 4.79 Å². The molecule has 0 saturated carbocycles. The standard InChI is InChI=1S/C14H18ClNO5/c1-21-12-4-2-9(8-10(12)15)3-5-13(18)16-7-6-11(17)14(19)20/h2,4,8,11,17H,3,5-7H2,1H3,(H,16,18)(H,19,20)/t11-/m0/s1. The Morgan fingerprint density at radius 1 is 1.43 bits per heavy atom. The number of carbonyl (C=O) groups excluding carboxylic acids is 1. The molecule has 0 heterocycles. The molecule has 0 aliphatic heterocycles. The number of rotatable bonds is 8. The van der Waals surface area contributed by atoms with Gasteiger partial charge in [0, 0.05) is 19.4 Å². The number of aliphatic carboxylic acids is 1. The summed E-state index contributed by atoms with van der Waals surface area (Å²) in [5.41, 5.74) is 0.904. The van der Waals surface area contributed by atoms with Crippen molar-refractivity contribution in [3.05, 3.63) is 28.8 Å². The maximum atomic E-state index is 11.6. The molecule has 0 saturated heterocycles. The van der Waals surface area contributed by atoms with E-state index in [2.05, 4.69) is 5.32 Å². The minimum absolute atomic E-state index is 0.0184. The lowest BCUT2D eigenvalue weighted by molar-refractivity contribution is -0.147. The number of ether oxygens (including phenoxy) is 1. The molecule has 0 aromatic heterocycles. The van der Waals surface area contributed by atoms with Gasteiger partial charge >= 0.3 is 5.97 Å². The molecule has 1 rings (SSSR count). The molecule has 0 aliphatic rings. The molecule has 6 nitrogen and oxygen atoms in total. The molecule has 116 valence electrons. The Labute approximate surface area is 127 Å². The monoisotopic (exact) mass is 315 g/mol. The maximum absolute atomic E-state index is 11.6. The normalized spacial score (nSPS) is 11.8. The van der Waals surface area contributed by atoms with E-state index in [1.165, 1.54) is 7.11 Å². The van der Waals surface area contributed by atoms with Crippen molar-refractivity contribution in [3.63, 3.8) is 0 Å². The van der Waals surface area contributed by atoms with Crippen LogP contribution in [0.2, 0.25) is 5.02 Å². The highest BCUT2D eigenvalue weighted by Gasteiger charge is 2.12. The number of benzene rings is 1. The van der Waals surface area contributed by atoms with Crippen LogP contribution in [-0.4, -0.2) is 41.8 Å². The molecule has 7 heteroatoms. The van der Waals surface area contributed by atoms with Crippen LogP contribution in [0.15, 0.2) is 18.2 Å². The van der Waals surface area contributed by atoms with Crippen LogP contribution < -0.4 is 10.1 Å². The first kappa shape index (κ1) is 17.3. The van der Waals surface area contributed by atoms with Gasteiger partial charge < -0.3 is 20.3 Å². The van der Waals surface area contributed by atoms with E-state index in [0.717, 1.165) is 5.56 Å². The predicted octanol–water partition coefficient (Wildman–Crippen LogP) is 1.23. The summed E-state index contributed by atoms with van der Waals surface area (Å²) < 4.78 is 5.04. The molecular weight excluding hydrogens is 298 g/mol. The number of nitrogens with one attached hydrogen (secondary N) is 1. The largest absolute Gasteiger partial charge is 0.495 e. The van der Waals surface area contributed by atoms with Crippen LogP contribution in [0.25, 0.3) is 0 Å². The molecule has 1 aromatic rings. The number of aliphatic hydroxyl groups excluding tert-OH is 1. The fraction of sp³-hybridized carbons (Fsp3) is 0.429. The number of hydrogen-bond acceptors (Lipinski definition) is 4. The minimum atomic E-state index is -1.45. The van der Waals surface area contributed by atoms with E-state index >= 15 is 0 Å². The summed E-state index contributed by atoms with van der Waals surface area (Å²) in [4.78, 5) is 22.0. The molecule has 1 amide bonds. The summed E-state index contributed by atoms with van der Waals surface area (Å²) >= 11 is 5.98. The molecule has 0 spiro atoms. The lowest BCUT2D eigenvalue weighted by Gasteiger charge is -2.08. The fourth-order valence-corrected chi connectivity index (χ4v) is 1.96. The fourth-order valence-electron chi connectivity index (χ4n) is 1.68. The van der Waals surface area contributed by atoms with Gasteiger partial charge in [0.25, 0.3) is 0 Å². The van der Waals surface area contributed by atoms with Gasteiger partial charge in [-0.1, -0.05) is 17.7 Å². The number of amides is 1. The van der Waals surface area contributed by atoms with Gasteiger partial charge in [0.2, 0.25) is 5.91 Å². The first-order valence-electron chi connectivity index (χ1n) is 6.44. The smallest absolute Gasteiger partial charge is 0.332 e. The van der Waals surface area contributed by atoms with Gasteiger partial charge in [-0.2, -0.15) is 0 Å². The molecule has 0 fully saturated rings. The third kappa shape index (κ3) is 6.01. The molecular formula is C14H18ClNO5. The van der Waals surface area contributed by atoms with Gasteiger partial charge in [0.05, 0.1) is 12.1 Å². The van der Waals surface area contributed by atoms with E-state index in [1.54, 1.807) is 12.1 Å². The van der Waals surface area contributed by atoms with Crippen molar-refractivity contribution in [1.82, 2.24) is 5.32 Å². The van der Waals surface area contributed by atoms with E-state index < -0.39 is 12.1 Å². The SMILES string of the molecule is COc1ccc(CCC(=O)NCC[C@H](O)C(=O)O)cc1Cl. The van der Waals surface area contributed by atoms with Gasteiger partial charge in [0.1, 0.15) is 5.75 Å². The number of carboxylic acids is 1. The molecule has 21 heavy (non-hydrogen) atoms. The topological polar surface area (TPSA) is 95.9 Å². The zero-order valence-corrected chi connectivity index (χ0v) is 12.4. The Morgan fingerprint density at radius 3 is 2.71 bits per heavy atom. The Hall–Kier alpha value is -1.79. The Morgan fingerprint density at radius 2 is 2.14 bits per heavy atom. The van der Waals surface area contributed by atoms with Gasteiger partial charge in [0.15, 0.2) is 6.10 Å². The Bertz CT molecular complexity index is 506. The number of aliphatic hydroxyl groups is 1. The highest BCUT2D eigenvalue weighted by molar-refractivity contribution is 6.32. The predicted molar refractivity (Wildman–Crippen MR) is 77.6 cm³/mol. The molecule has 0 bridgehead atoms. The van der Waals surface area contributed by atoms with E-state index in [9.17, 15) is 9.59 Å². The van der Waals surface area contributed by atoms with Crippen molar-refractivity contribution in [2.75, 3.05) is 13.7 Å². The third-order valence-electron chi connectivity index (χ3n) is 2.88. The molecule has 1 atom stereocenters. The van der Waals surface area contributed by atoms with Crippen LogP contribution in [0.5, 0.6) is 5.75 Å². The Balaban J connectivity index is 2.33. The van der Waals surface area contributed by atoms with E-state index in [4.69, 9.17) is 26.6 Å². The lowest BCUT2D eigenvalue weighted by atomic mass is 10.1. The third-order valence-corrected chi connectivity index (χ3v) is 3.18. The summed E-state index contributed by atoms with van der Waals surface area (Å²) in [7, 11) is 1.53. The van der Waals surface area contributed by atoms with Crippen molar-refractivity contribution < 1.29 is 24.5 Å². The van der Waals surface area contributed by atoms with Crippen LogP contribution in [0.1, 0.15) is 18.4 Å². The van der Waals surface area contributed by atoms with Crippen molar-refractivity contribution in [2.24, 2.45) is 0 Å². The van der Waals surface area contributed by atoms with Crippen LogP contribution in [0.3, 0.4) is 0 Å². The average molecular weight is 316 g/mol. The zero-order valence-electron chi connectivity index (χ0n) is 11.6. The number of aryl methyl sites for hydroxylation is 1. The van der Waals surface area contributed by atoms with Crippen molar-refractivity contribution in [3.8, 4) is 5.75 Å². The number of methoxy groups -OCH3 is 1. The summed E-state index contributed by atoms with van der Waals surface area (Å²) in [5.74, 6) is -0.927. The number of hydrogen-bond donors (Lipinski definition) is 3. The van der Waals surface area contributed by atoms with Crippen molar-refractivity contribution in [1.29, 1.82) is 0 Å². The molecule has 0 aliphatic carbocycles. The highest BCUT2D eigenvalue weighted by Crippen LogP contribution is 2.25. The summed E-state index contributed by atoms with van der Waals surface area (Å²) in [6, 6.07) is 5.30. The summed E-state index contributed by atoms with van der Waals surface area (Å²) in [6.45, 7) is 0.121. The number of carboxylic acid groups (broad SMARTS) is 1. The van der Waals surface area contributed by atoms with Gasteiger partial charge in [-0.15, -0.1) is 0 Å². The van der Waals surface area contributed by atoms with Crippen LogP contribution in [0.4, 0.5) is 0 Å².